The average molecular weight is 296 g/mol. The van der Waals surface area contributed by atoms with Crippen LogP contribution >= 0.6 is 11.6 Å². The Morgan fingerprint density at radius 3 is 2.50 bits per heavy atom. The summed E-state index contributed by atoms with van der Waals surface area (Å²) in [7, 11) is 0. The maximum atomic E-state index is 10.1. The topological polar surface area (TPSA) is 32.3 Å². The second-order valence-corrected chi connectivity index (χ2v) is 7.12. The van der Waals surface area contributed by atoms with Crippen LogP contribution in [0.1, 0.15) is 40.0 Å². The molecule has 2 nitrogen and oxygen atoms in total. The molecule has 3 atom stereocenters. The van der Waals surface area contributed by atoms with E-state index in [4.69, 9.17) is 11.6 Å². The van der Waals surface area contributed by atoms with Crippen LogP contribution in [0, 0.1) is 17.8 Å². The number of rotatable bonds is 4. The molecule has 0 bridgehead atoms. The highest BCUT2D eigenvalue weighted by Gasteiger charge is 2.43. The molecule has 20 heavy (non-hydrogen) atoms. The van der Waals surface area contributed by atoms with Crippen molar-refractivity contribution in [2.24, 2.45) is 17.8 Å². The Morgan fingerprint density at radius 1 is 1.30 bits per heavy atom. The van der Waals surface area contributed by atoms with E-state index in [1.807, 2.05) is 24.3 Å². The lowest BCUT2D eigenvalue weighted by Gasteiger charge is -2.48. The van der Waals surface area contributed by atoms with Gasteiger partial charge in [-0.3, -0.25) is 0 Å². The quantitative estimate of drug-likeness (QED) is 0.852. The Morgan fingerprint density at radius 2 is 1.95 bits per heavy atom. The molecule has 2 N–H and O–H groups in total. The highest BCUT2D eigenvalue weighted by Crippen LogP contribution is 2.42. The van der Waals surface area contributed by atoms with Gasteiger partial charge >= 0.3 is 0 Å². The summed E-state index contributed by atoms with van der Waals surface area (Å²) < 4.78 is 0. The molecule has 0 spiro atoms. The summed E-state index contributed by atoms with van der Waals surface area (Å²) in [5.41, 5.74) is 0.836. The van der Waals surface area contributed by atoms with Gasteiger partial charge in [-0.25, -0.2) is 0 Å². The van der Waals surface area contributed by atoms with E-state index in [1.54, 1.807) is 0 Å². The summed E-state index contributed by atoms with van der Waals surface area (Å²) in [5, 5.41) is 14.5. The van der Waals surface area contributed by atoms with Crippen molar-refractivity contribution in [2.45, 2.75) is 45.6 Å². The maximum absolute atomic E-state index is 10.1. The highest BCUT2D eigenvalue weighted by atomic mass is 35.5. The third-order valence-corrected chi connectivity index (χ3v) is 4.97. The minimum Gasteiger partial charge on any atom is -0.394 e. The van der Waals surface area contributed by atoms with Gasteiger partial charge in [0.05, 0.1) is 12.1 Å². The molecule has 0 saturated heterocycles. The van der Waals surface area contributed by atoms with Gasteiger partial charge in [0.1, 0.15) is 0 Å². The van der Waals surface area contributed by atoms with Crippen molar-refractivity contribution in [3.05, 3.63) is 29.3 Å². The fourth-order valence-electron chi connectivity index (χ4n) is 3.77. The van der Waals surface area contributed by atoms with Gasteiger partial charge in [0, 0.05) is 10.7 Å². The van der Waals surface area contributed by atoms with Crippen LogP contribution in [0.2, 0.25) is 5.02 Å². The van der Waals surface area contributed by atoms with Crippen molar-refractivity contribution in [2.75, 3.05) is 11.9 Å². The molecule has 112 valence electrons. The predicted molar refractivity (Wildman–Crippen MR) is 86.2 cm³/mol. The molecule has 3 unspecified atom stereocenters. The van der Waals surface area contributed by atoms with E-state index in [9.17, 15) is 5.11 Å². The second kappa shape index (κ2) is 6.36. The minimum absolute atomic E-state index is 0.183. The summed E-state index contributed by atoms with van der Waals surface area (Å²) >= 11 is 5.95. The molecule has 1 aromatic rings. The van der Waals surface area contributed by atoms with Crippen LogP contribution < -0.4 is 5.32 Å². The van der Waals surface area contributed by atoms with Gasteiger partial charge in [-0.05, 0) is 54.9 Å². The Hall–Kier alpha value is -0.730. The summed E-state index contributed by atoms with van der Waals surface area (Å²) in [5.74, 6) is 1.71. The van der Waals surface area contributed by atoms with Crippen LogP contribution in [0.15, 0.2) is 24.3 Å². The van der Waals surface area contributed by atoms with Crippen LogP contribution in [0.5, 0.6) is 0 Å². The molecular weight excluding hydrogens is 270 g/mol. The standard InChI is InChI=1S/C17H26ClNO/c1-12(2)16-9-4-13(3)10-17(16,11-20)19-15-7-5-14(18)6-8-15/h5-8,12-13,16,19-20H,4,9-11H2,1-3H3. The van der Waals surface area contributed by atoms with E-state index >= 15 is 0 Å². The molecule has 3 heteroatoms. The van der Waals surface area contributed by atoms with Crippen molar-refractivity contribution in [3.8, 4) is 0 Å². The zero-order valence-corrected chi connectivity index (χ0v) is 13.5. The van der Waals surface area contributed by atoms with Gasteiger partial charge < -0.3 is 10.4 Å². The Balaban J connectivity index is 2.26. The van der Waals surface area contributed by atoms with E-state index in [0.29, 0.717) is 17.8 Å². The normalized spacial score (nSPS) is 30.5. The van der Waals surface area contributed by atoms with E-state index in [2.05, 4.69) is 26.1 Å². The third kappa shape index (κ3) is 3.29. The summed E-state index contributed by atoms with van der Waals surface area (Å²) in [6.45, 7) is 6.98. The van der Waals surface area contributed by atoms with Crippen LogP contribution in [0.25, 0.3) is 0 Å². The van der Waals surface area contributed by atoms with Gasteiger partial charge in [-0.1, -0.05) is 38.8 Å². The fourth-order valence-corrected chi connectivity index (χ4v) is 3.90. The number of aliphatic hydroxyl groups is 1. The maximum Gasteiger partial charge on any atom is 0.0664 e. The lowest BCUT2D eigenvalue weighted by atomic mass is 9.65. The first-order chi connectivity index (χ1) is 9.47. The number of benzene rings is 1. The molecule has 2 rings (SSSR count). The smallest absolute Gasteiger partial charge is 0.0664 e. The number of halogens is 1. The van der Waals surface area contributed by atoms with Gasteiger partial charge in [-0.2, -0.15) is 0 Å². The molecule has 1 fully saturated rings. The zero-order valence-electron chi connectivity index (χ0n) is 12.7. The largest absolute Gasteiger partial charge is 0.394 e. The number of hydrogen-bond acceptors (Lipinski definition) is 2. The predicted octanol–water partition coefficient (Wildman–Crippen LogP) is 4.58. The zero-order chi connectivity index (χ0) is 14.8. The molecule has 1 aliphatic rings. The molecule has 1 saturated carbocycles. The van der Waals surface area contributed by atoms with Crippen LogP contribution in [0.3, 0.4) is 0 Å². The molecule has 0 aromatic heterocycles. The average Bonchev–Trinajstić information content (AvgIpc) is 2.41. The van der Waals surface area contributed by atoms with Crippen molar-refractivity contribution < 1.29 is 5.11 Å². The molecule has 0 aliphatic heterocycles. The van der Waals surface area contributed by atoms with E-state index < -0.39 is 0 Å². The molecule has 1 aliphatic carbocycles. The lowest BCUT2D eigenvalue weighted by Crippen LogP contribution is -2.54. The minimum atomic E-state index is -0.209. The number of aliphatic hydroxyl groups excluding tert-OH is 1. The van der Waals surface area contributed by atoms with Crippen LogP contribution in [-0.2, 0) is 0 Å². The molecular formula is C17H26ClNO. The van der Waals surface area contributed by atoms with Crippen molar-refractivity contribution in [1.29, 1.82) is 0 Å². The first kappa shape index (κ1) is 15.7. The second-order valence-electron chi connectivity index (χ2n) is 6.68. The SMILES string of the molecule is CC1CCC(C(C)C)C(CO)(Nc2ccc(Cl)cc2)C1. The van der Waals surface area contributed by atoms with Gasteiger partial charge in [-0.15, -0.1) is 0 Å². The Labute approximate surface area is 127 Å². The Bertz CT molecular complexity index is 431. The highest BCUT2D eigenvalue weighted by molar-refractivity contribution is 6.30. The van der Waals surface area contributed by atoms with Gasteiger partial charge in [0.15, 0.2) is 0 Å². The van der Waals surface area contributed by atoms with Crippen molar-refractivity contribution in [1.82, 2.24) is 0 Å². The lowest BCUT2D eigenvalue weighted by molar-refractivity contribution is 0.0685. The third-order valence-electron chi connectivity index (χ3n) is 4.72. The first-order valence-corrected chi connectivity index (χ1v) is 7.99. The monoisotopic (exact) mass is 295 g/mol. The van der Waals surface area contributed by atoms with Crippen molar-refractivity contribution in [3.63, 3.8) is 0 Å². The van der Waals surface area contributed by atoms with Gasteiger partial charge in [0.25, 0.3) is 0 Å². The van der Waals surface area contributed by atoms with Crippen LogP contribution in [-0.4, -0.2) is 17.3 Å². The summed E-state index contributed by atoms with van der Waals surface area (Å²) in [6, 6.07) is 7.78. The molecule has 0 heterocycles. The van der Waals surface area contributed by atoms with E-state index in [1.165, 1.54) is 12.8 Å². The number of hydrogen-bond donors (Lipinski definition) is 2. The molecule has 0 amide bonds. The number of nitrogens with one attached hydrogen (secondary N) is 1. The fraction of sp³-hybridized carbons (Fsp3) is 0.647. The Kier molecular flexibility index (Phi) is 4.98. The van der Waals surface area contributed by atoms with E-state index in [0.717, 1.165) is 17.1 Å². The first-order valence-electron chi connectivity index (χ1n) is 7.61. The van der Waals surface area contributed by atoms with E-state index in [-0.39, 0.29) is 12.1 Å². The molecule has 1 aromatic carbocycles. The van der Waals surface area contributed by atoms with Gasteiger partial charge in [0.2, 0.25) is 0 Å². The molecule has 0 radical (unpaired) electrons. The van der Waals surface area contributed by atoms with Crippen LogP contribution in [0.4, 0.5) is 5.69 Å². The number of anilines is 1. The van der Waals surface area contributed by atoms with Crippen molar-refractivity contribution >= 4 is 17.3 Å². The summed E-state index contributed by atoms with van der Waals surface area (Å²) in [6.07, 6.45) is 3.46. The summed E-state index contributed by atoms with van der Waals surface area (Å²) in [4.78, 5) is 0.